The Bertz CT molecular complexity index is 879. The van der Waals surface area contributed by atoms with Crippen molar-refractivity contribution in [2.75, 3.05) is 6.61 Å². The van der Waals surface area contributed by atoms with Crippen molar-refractivity contribution in [2.24, 2.45) is 5.16 Å². The molecule has 1 aromatic heterocycles. The molecule has 0 amide bonds. The van der Waals surface area contributed by atoms with Crippen LogP contribution in [0.1, 0.15) is 31.0 Å². The molecule has 0 N–H and O–H groups in total. The summed E-state index contributed by atoms with van der Waals surface area (Å²) in [5.41, 5.74) is 2.52. The first-order chi connectivity index (χ1) is 13.7. The van der Waals surface area contributed by atoms with E-state index in [0.717, 1.165) is 35.6 Å². The van der Waals surface area contributed by atoms with Gasteiger partial charge in [-0.15, -0.1) is 5.10 Å². The molecule has 0 aliphatic rings. The van der Waals surface area contributed by atoms with Gasteiger partial charge in [-0.25, -0.2) is 4.68 Å². The van der Waals surface area contributed by atoms with Gasteiger partial charge >= 0.3 is 0 Å². The second-order valence-electron chi connectivity index (χ2n) is 6.24. The average Bonchev–Trinajstić information content (AvgIpc) is 3.18. The Labute approximate surface area is 169 Å². The van der Waals surface area contributed by atoms with Crippen molar-refractivity contribution in [3.8, 4) is 5.75 Å². The van der Waals surface area contributed by atoms with Crippen LogP contribution in [0.5, 0.6) is 5.75 Å². The molecule has 0 saturated heterocycles. The molecule has 0 spiro atoms. The maximum absolute atomic E-state index is 5.88. The van der Waals surface area contributed by atoms with Gasteiger partial charge in [0.05, 0.1) is 12.7 Å². The number of unbranched alkanes of at least 4 members (excludes halogenated alkanes) is 1. The predicted molar refractivity (Wildman–Crippen MR) is 110 cm³/mol. The topological polar surface area (TPSA) is 61.5 Å². The largest absolute Gasteiger partial charge is 0.487 e. The van der Waals surface area contributed by atoms with Gasteiger partial charge in [-0.2, -0.15) is 0 Å². The SMILES string of the molecule is CCCCO/N=C(\Cn1cc(COc2ccc(Cl)cc2)nn1)c1ccccc1. The van der Waals surface area contributed by atoms with Crippen molar-refractivity contribution in [1.29, 1.82) is 0 Å². The lowest BCUT2D eigenvalue weighted by Gasteiger charge is -2.07. The summed E-state index contributed by atoms with van der Waals surface area (Å²) >= 11 is 5.88. The minimum absolute atomic E-state index is 0.326. The lowest BCUT2D eigenvalue weighted by Crippen LogP contribution is -2.13. The van der Waals surface area contributed by atoms with E-state index < -0.39 is 0 Å². The third-order valence-corrected chi connectivity index (χ3v) is 4.22. The van der Waals surface area contributed by atoms with Crippen LogP contribution in [0.25, 0.3) is 0 Å². The molecule has 0 aliphatic heterocycles. The molecule has 3 rings (SSSR count). The molecular weight excluding hydrogens is 376 g/mol. The average molecular weight is 399 g/mol. The van der Waals surface area contributed by atoms with E-state index in [1.54, 1.807) is 16.8 Å². The number of halogens is 1. The fourth-order valence-electron chi connectivity index (χ4n) is 2.46. The van der Waals surface area contributed by atoms with E-state index in [2.05, 4.69) is 22.4 Å². The number of hydrogen-bond acceptors (Lipinski definition) is 5. The van der Waals surface area contributed by atoms with Crippen molar-refractivity contribution in [2.45, 2.75) is 32.9 Å². The second kappa shape index (κ2) is 10.5. The molecule has 3 aromatic rings. The number of aromatic nitrogens is 3. The maximum Gasteiger partial charge on any atom is 0.134 e. The van der Waals surface area contributed by atoms with Crippen molar-refractivity contribution >= 4 is 17.3 Å². The number of rotatable bonds is 10. The monoisotopic (exact) mass is 398 g/mol. The molecule has 0 radical (unpaired) electrons. The van der Waals surface area contributed by atoms with Gasteiger partial charge in [-0.05, 0) is 30.7 Å². The van der Waals surface area contributed by atoms with Crippen molar-refractivity contribution in [3.05, 3.63) is 77.1 Å². The summed E-state index contributed by atoms with van der Waals surface area (Å²) in [5, 5.41) is 13.3. The van der Waals surface area contributed by atoms with Crippen LogP contribution in [0.3, 0.4) is 0 Å². The first-order valence-corrected chi connectivity index (χ1v) is 9.64. The molecular formula is C21H23ClN4O2. The third kappa shape index (κ3) is 6.09. The standard InChI is InChI=1S/C21H23ClN4O2/c1-2-3-13-28-24-21(17-7-5-4-6-8-17)15-26-14-19(23-25-26)16-27-20-11-9-18(22)10-12-20/h4-12,14H,2-3,13,15-16H2,1H3/b24-21+. The summed E-state index contributed by atoms with van der Waals surface area (Å²) in [4.78, 5) is 5.48. The first kappa shape index (κ1) is 19.9. The lowest BCUT2D eigenvalue weighted by molar-refractivity contribution is 0.140. The Morgan fingerprint density at radius 3 is 2.64 bits per heavy atom. The number of oxime groups is 1. The quantitative estimate of drug-likeness (QED) is 0.281. The highest BCUT2D eigenvalue weighted by molar-refractivity contribution is 6.30. The van der Waals surface area contributed by atoms with Crippen LogP contribution in [0.15, 0.2) is 65.9 Å². The summed E-state index contributed by atoms with van der Waals surface area (Å²) < 4.78 is 7.44. The molecule has 0 unspecified atom stereocenters. The summed E-state index contributed by atoms with van der Waals surface area (Å²) in [6.07, 6.45) is 3.89. The number of hydrogen-bond donors (Lipinski definition) is 0. The second-order valence-corrected chi connectivity index (χ2v) is 6.68. The maximum atomic E-state index is 5.88. The van der Waals surface area contributed by atoms with E-state index in [1.807, 2.05) is 48.7 Å². The van der Waals surface area contributed by atoms with E-state index in [0.29, 0.717) is 24.8 Å². The molecule has 0 atom stereocenters. The Balaban J connectivity index is 1.63. The van der Waals surface area contributed by atoms with Crippen LogP contribution < -0.4 is 4.74 Å². The fraction of sp³-hybridized carbons (Fsp3) is 0.286. The molecule has 0 aliphatic carbocycles. The molecule has 0 saturated carbocycles. The normalized spacial score (nSPS) is 11.4. The van der Waals surface area contributed by atoms with Gasteiger partial charge in [-0.1, -0.05) is 65.6 Å². The van der Waals surface area contributed by atoms with Crippen molar-refractivity contribution in [3.63, 3.8) is 0 Å². The zero-order valence-electron chi connectivity index (χ0n) is 15.8. The molecule has 2 aromatic carbocycles. The highest BCUT2D eigenvalue weighted by Gasteiger charge is 2.09. The highest BCUT2D eigenvalue weighted by atomic mass is 35.5. The summed E-state index contributed by atoms with van der Waals surface area (Å²) in [5.74, 6) is 0.731. The molecule has 6 nitrogen and oxygen atoms in total. The summed E-state index contributed by atoms with van der Waals surface area (Å²) in [6, 6.07) is 17.1. The van der Waals surface area contributed by atoms with E-state index in [4.69, 9.17) is 21.2 Å². The van der Waals surface area contributed by atoms with E-state index >= 15 is 0 Å². The van der Waals surface area contributed by atoms with Gasteiger partial charge in [0.15, 0.2) is 0 Å². The molecule has 0 bridgehead atoms. The van der Waals surface area contributed by atoms with Gasteiger partial charge in [0.25, 0.3) is 0 Å². The van der Waals surface area contributed by atoms with Crippen molar-refractivity contribution < 1.29 is 9.57 Å². The van der Waals surface area contributed by atoms with Crippen LogP contribution in [0, 0.1) is 0 Å². The van der Waals surface area contributed by atoms with Crippen LogP contribution in [0.4, 0.5) is 0 Å². The zero-order chi connectivity index (χ0) is 19.6. The predicted octanol–water partition coefficient (Wildman–Crippen LogP) is 4.73. The minimum Gasteiger partial charge on any atom is -0.487 e. The Morgan fingerprint density at radius 2 is 1.89 bits per heavy atom. The van der Waals surface area contributed by atoms with Crippen LogP contribution in [0.2, 0.25) is 5.02 Å². The first-order valence-electron chi connectivity index (χ1n) is 9.26. The van der Waals surface area contributed by atoms with E-state index in [1.165, 1.54) is 0 Å². The molecule has 7 heteroatoms. The number of ether oxygens (including phenoxy) is 1. The summed E-state index contributed by atoms with van der Waals surface area (Å²) in [6.45, 7) is 3.51. The van der Waals surface area contributed by atoms with E-state index in [-0.39, 0.29) is 0 Å². The molecule has 1 heterocycles. The van der Waals surface area contributed by atoms with Crippen LogP contribution in [-0.2, 0) is 18.0 Å². The van der Waals surface area contributed by atoms with Crippen LogP contribution in [-0.4, -0.2) is 27.3 Å². The van der Waals surface area contributed by atoms with Crippen molar-refractivity contribution in [1.82, 2.24) is 15.0 Å². The van der Waals surface area contributed by atoms with E-state index in [9.17, 15) is 0 Å². The fourth-order valence-corrected chi connectivity index (χ4v) is 2.59. The minimum atomic E-state index is 0.326. The molecule has 146 valence electrons. The molecule has 28 heavy (non-hydrogen) atoms. The van der Waals surface area contributed by atoms with Gasteiger partial charge in [0, 0.05) is 10.6 Å². The zero-order valence-corrected chi connectivity index (χ0v) is 16.5. The van der Waals surface area contributed by atoms with Crippen LogP contribution >= 0.6 is 11.6 Å². The third-order valence-electron chi connectivity index (χ3n) is 3.97. The Hall–Kier alpha value is -2.86. The lowest BCUT2D eigenvalue weighted by atomic mass is 10.1. The summed E-state index contributed by atoms with van der Waals surface area (Å²) in [7, 11) is 0. The Morgan fingerprint density at radius 1 is 1.11 bits per heavy atom. The van der Waals surface area contributed by atoms with Gasteiger partial charge in [0.1, 0.15) is 30.4 Å². The highest BCUT2D eigenvalue weighted by Crippen LogP contribution is 2.16. The molecule has 0 fully saturated rings. The number of benzene rings is 2. The smallest absolute Gasteiger partial charge is 0.134 e. The van der Waals surface area contributed by atoms with Gasteiger partial charge in [-0.3, -0.25) is 0 Å². The van der Waals surface area contributed by atoms with Gasteiger partial charge in [0.2, 0.25) is 0 Å². The van der Waals surface area contributed by atoms with Gasteiger partial charge < -0.3 is 9.57 Å². The number of nitrogens with zero attached hydrogens (tertiary/aromatic N) is 4. The Kier molecular flexibility index (Phi) is 7.44.